The van der Waals surface area contributed by atoms with Crippen molar-refractivity contribution in [2.24, 2.45) is 5.10 Å². The number of carbonyl (C=O) groups excluding carboxylic acids is 2. The Hall–Kier alpha value is -3.54. The van der Waals surface area contributed by atoms with Gasteiger partial charge in [0.05, 0.1) is 43.9 Å². The second-order valence-electron chi connectivity index (χ2n) is 7.93. The van der Waals surface area contributed by atoms with E-state index in [1.165, 1.54) is 24.5 Å². The zero-order valence-electron chi connectivity index (χ0n) is 19.8. The molecule has 1 aliphatic heterocycles. The number of nitrogens with zero attached hydrogens (tertiary/aromatic N) is 1. The number of hydrazone groups is 1. The van der Waals surface area contributed by atoms with Crippen molar-refractivity contribution < 1.29 is 32.9 Å². The molecular weight excluding hydrogens is 489 g/mol. The predicted molar refractivity (Wildman–Crippen MR) is 134 cm³/mol. The topological polar surface area (TPSA) is 107 Å². The molecule has 0 bridgehead atoms. The number of halogens is 1. The highest BCUT2D eigenvalue weighted by Gasteiger charge is 2.22. The van der Waals surface area contributed by atoms with Crippen molar-refractivity contribution in [2.75, 3.05) is 40.6 Å². The fourth-order valence-electron chi connectivity index (χ4n) is 3.49. The lowest BCUT2D eigenvalue weighted by Crippen LogP contribution is -2.38. The molecule has 2 heterocycles. The van der Waals surface area contributed by atoms with Crippen LogP contribution in [0.15, 0.2) is 46.9 Å². The number of ether oxygens (including phenoxy) is 4. The van der Waals surface area contributed by atoms with Crippen LogP contribution in [-0.4, -0.2) is 64.2 Å². The molecule has 0 radical (unpaired) electrons. The van der Waals surface area contributed by atoms with Gasteiger partial charge in [-0.05, 0) is 24.3 Å². The minimum Gasteiger partial charge on any atom is -0.493 e. The molecule has 9 nitrogen and oxygen atoms in total. The van der Waals surface area contributed by atoms with Gasteiger partial charge in [0.15, 0.2) is 11.5 Å². The van der Waals surface area contributed by atoms with Gasteiger partial charge in [-0.3, -0.25) is 9.59 Å². The first kappa shape index (κ1) is 25.5. The molecule has 2 amide bonds. The first-order valence-corrected chi connectivity index (χ1v) is 12.1. The maximum atomic E-state index is 14.1. The number of methoxy groups -OCH3 is 2. The molecule has 1 aliphatic rings. The maximum Gasteiger partial charge on any atom is 0.259 e. The molecule has 0 saturated carbocycles. The summed E-state index contributed by atoms with van der Waals surface area (Å²) < 4.78 is 36.0. The Labute approximate surface area is 211 Å². The van der Waals surface area contributed by atoms with E-state index in [-0.39, 0.29) is 18.5 Å². The zero-order valence-corrected chi connectivity index (χ0v) is 20.7. The van der Waals surface area contributed by atoms with Crippen LogP contribution in [0, 0.1) is 5.82 Å². The van der Waals surface area contributed by atoms with E-state index in [9.17, 15) is 14.0 Å². The van der Waals surface area contributed by atoms with E-state index in [0.717, 1.165) is 5.56 Å². The number of hydrogen-bond acceptors (Lipinski definition) is 8. The highest BCUT2D eigenvalue weighted by molar-refractivity contribution is 7.17. The summed E-state index contributed by atoms with van der Waals surface area (Å²) in [6.45, 7) is 1.09. The smallest absolute Gasteiger partial charge is 0.259 e. The van der Waals surface area contributed by atoms with Crippen molar-refractivity contribution in [3.63, 3.8) is 0 Å². The standard InChI is InChI=1S/C25H26FN3O6S/c1-32-9-8-20(18-14-36-24-17(18)4-3-5-19(24)26)28-29-23(30)11-27-25(31)15-6-7-21(22(10-15)33-2)35-16-12-34-13-16/h3-7,10,14,16H,8-9,11-13H2,1-2H3,(H,27,31)(H,29,30)/b28-20+. The monoisotopic (exact) mass is 515 g/mol. The van der Waals surface area contributed by atoms with E-state index in [4.69, 9.17) is 18.9 Å². The molecule has 0 spiro atoms. The number of carbonyl (C=O) groups is 2. The molecule has 1 fully saturated rings. The van der Waals surface area contributed by atoms with Crippen LogP contribution in [0.5, 0.6) is 11.5 Å². The third-order valence-electron chi connectivity index (χ3n) is 5.46. The van der Waals surface area contributed by atoms with E-state index in [1.807, 2.05) is 0 Å². The van der Waals surface area contributed by atoms with Crippen LogP contribution in [-0.2, 0) is 14.3 Å². The lowest BCUT2D eigenvalue weighted by atomic mass is 10.1. The third-order valence-corrected chi connectivity index (χ3v) is 6.46. The molecule has 190 valence electrons. The van der Waals surface area contributed by atoms with Crippen LogP contribution < -0.4 is 20.2 Å². The summed E-state index contributed by atoms with van der Waals surface area (Å²) in [6, 6.07) is 9.62. The molecule has 0 atom stereocenters. The molecule has 4 rings (SSSR count). The molecule has 2 N–H and O–H groups in total. The summed E-state index contributed by atoms with van der Waals surface area (Å²) in [5.74, 6) is -0.356. The summed E-state index contributed by atoms with van der Waals surface area (Å²) in [5, 5.41) is 9.31. The number of benzene rings is 2. The summed E-state index contributed by atoms with van der Waals surface area (Å²) in [6.07, 6.45) is 0.370. The SMILES string of the molecule is COCC/C(=N\NC(=O)CNC(=O)c1ccc(OC2COC2)c(OC)c1)c1csc2c(F)cccc12. The number of amides is 2. The molecule has 11 heteroatoms. The average molecular weight is 516 g/mol. The molecule has 36 heavy (non-hydrogen) atoms. The highest BCUT2D eigenvalue weighted by atomic mass is 32.1. The van der Waals surface area contributed by atoms with Crippen molar-refractivity contribution in [3.05, 3.63) is 58.7 Å². The van der Waals surface area contributed by atoms with Crippen molar-refractivity contribution in [1.82, 2.24) is 10.7 Å². The van der Waals surface area contributed by atoms with Gasteiger partial charge in [0, 0.05) is 35.4 Å². The molecule has 0 aliphatic carbocycles. The van der Waals surface area contributed by atoms with Gasteiger partial charge in [0.25, 0.3) is 11.8 Å². The van der Waals surface area contributed by atoms with Crippen LogP contribution in [0.3, 0.4) is 0 Å². The zero-order chi connectivity index (χ0) is 25.5. The normalized spacial score (nSPS) is 13.8. The van der Waals surface area contributed by atoms with Crippen LogP contribution in [0.1, 0.15) is 22.3 Å². The number of fused-ring (bicyclic) bond motifs is 1. The number of nitrogens with one attached hydrogen (secondary N) is 2. The maximum absolute atomic E-state index is 14.1. The summed E-state index contributed by atoms with van der Waals surface area (Å²) in [5.41, 5.74) is 4.05. The van der Waals surface area contributed by atoms with E-state index in [0.29, 0.717) is 59.1 Å². The Morgan fingerprint density at radius 1 is 1.19 bits per heavy atom. The van der Waals surface area contributed by atoms with Crippen molar-refractivity contribution in [2.45, 2.75) is 12.5 Å². The fraction of sp³-hybridized carbons (Fsp3) is 0.320. The quantitative estimate of drug-likeness (QED) is 0.300. The van der Waals surface area contributed by atoms with E-state index in [2.05, 4.69) is 15.8 Å². The molecule has 1 saturated heterocycles. The van der Waals surface area contributed by atoms with E-state index >= 15 is 0 Å². The Kier molecular flexibility index (Phi) is 8.47. The Bertz CT molecular complexity index is 1270. The number of thiophene rings is 1. The number of hydrogen-bond donors (Lipinski definition) is 2. The van der Waals surface area contributed by atoms with Gasteiger partial charge < -0.3 is 24.3 Å². The minimum absolute atomic E-state index is 0.0392. The fourth-order valence-corrected chi connectivity index (χ4v) is 4.48. The summed E-state index contributed by atoms with van der Waals surface area (Å²) in [7, 11) is 3.05. The first-order chi connectivity index (χ1) is 17.5. The second-order valence-corrected chi connectivity index (χ2v) is 8.81. The van der Waals surface area contributed by atoms with Gasteiger partial charge >= 0.3 is 0 Å². The van der Waals surface area contributed by atoms with E-state index in [1.54, 1.807) is 42.8 Å². The third kappa shape index (κ3) is 5.99. The summed E-state index contributed by atoms with van der Waals surface area (Å²) >= 11 is 1.27. The second kappa shape index (κ2) is 11.9. The highest BCUT2D eigenvalue weighted by Crippen LogP contribution is 2.30. The minimum atomic E-state index is -0.513. The van der Waals surface area contributed by atoms with Crippen LogP contribution in [0.25, 0.3) is 10.1 Å². The van der Waals surface area contributed by atoms with Gasteiger partial charge in [-0.1, -0.05) is 12.1 Å². The molecule has 2 aromatic carbocycles. The van der Waals surface area contributed by atoms with Crippen molar-refractivity contribution >= 4 is 38.9 Å². The van der Waals surface area contributed by atoms with Gasteiger partial charge in [-0.15, -0.1) is 11.3 Å². The molecule has 0 unspecified atom stereocenters. The molecule has 1 aromatic heterocycles. The lowest BCUT2D eigenvalue weighted by Gasteiger charge is -2.27. The first-order valence-electron chi connectivity index (χ1n) is 11.2. The van der Waals surface area contributed by atoms with Crippen molar-refractivity contribution in [1.29, 1.82) is 0 Å². The summed E-state index contributed by atoms with van der Waals surface area (Å²) in [4.78, 5) is 25.0. The van der Waals surface area contributed by atoms with Crippen molar-refractivity contribution in [3.8, 4) is 11.5 Å². The van der Waals surface area contributed by atoms with Crippen LogP contribution >= 0.6 is 11.3 Å². The van der Waals surface area contributed by atoms with Gasteiger partial charge in [0.2, 0.25) is 0 Å². The van der Waals surface area contributed by atoms with Crippen LogP contribution in [0.2, 0.25) is 0 Å². The molecular formula is C25H26FN3O6S. The Balaban J connectivity index is 1.38. The largest absolute Gasteiger partial charge is 0.493 e. The van der Waals surface area contributed by atoms with Crippen LogP contribution in [0.4, 0.5) is 4.39 Å². The van der Waals surface area contributed by atoms with Gasteiger partial charge in [0.1, 0.15) is 11.9 Å². The predicted octanol–water partition coefficient (Wildman–Crippen LogP) is 3.11. The van der Waals surface area contributed by atoms with Gasteiger partial charge in [-0.2, -0.15) is 5.10 Å². The van der Waals surface area contributed by atoms with Gasteiger partial charge in [-0.25, -0.2) is 9.82 Å². The van der Waals surface area contributed by atoms with E-state index < -0.39 is 11.8 Å². The Morgan fingerprint density at radius 3 is 2.75 bits per heavy atom. The molecule has 3 aromatic rings. The average Bonchev–Trinajstić information content (AvgIpc) is 3.30. The Morgan fingerprint density at radius 2 is 2.03 bits per heavy atom. The number of rotatable bonds is 11. The lowest BCUT2D eigenvalue weighted by molar-refractivity contribution is -0.120.